The van der Waals surface area contributed by atoms with Crippen LogP contribution in [-0.4, -0.2) is 57.6 Å². The van der Waals surface area contributed by atoms with Crippen LogP contribution in [-0.2, 0) is 36.7 Å². The zero-order valence-electron chi connectivity index (χ0n) is 31.5. The Bertz CT molecular complexity index is 1620. The van der Waals surface area contributed by atoms with Crippen molar-refractivity contribution in [3.8, 4) is 0 Å². The molecule has 0 aliphatic heterocycles. The molecule has 9 heteroatoms. The van der Waals surface area contributed by atoms with Crippen LogP contribution < -0.4 is 10.6 Å². The largest absolute Gasteiger partial charge is 0.458 e. The van der Waals surface area contributed by atoms with Gasteiger partial charge < -0.3 is 25.0 Å². The van der Waals surface area contributed by atoms with Crippen molar-refractivity contribution in [1.29, 1.82) is 0 Å². The average Bonchev–Trinajstić information content (AvgIpc) is 2.98. The molecule has 3 atom stereocenters. The van der Waals surface area contributed by atoms with Crippen molar-refractivity contribution >= 4 is 23.9 Å². The first kappa shape index (κ1) is 39.8. The van der Waals surface area contributed by atoms with Gasteiger partial charge >= 0.3 is 12.1 Å². The van der Waals surface area contributed by atoms with E-state index in [0.717, 1.165) is 22.3 Å². The number of nitrogens with zero attached hydrogens (tertiary/aromatic N) is 1. The van der Waals surface area contributed by atoms with E-state index in [1.807, 2.05) is 113 Å². The first-order valence-corrected chi connectivity index (χ1v) is 17.2. The van der Waals surface area contributed by atoms with E-state index in [0.29, 0.717) is 5.56 Å². The standard InChI is InChI=1S/C41H55N3O6/c1-27-22-23-31(28(2)24-27)34(35(45)42-33(37(47)49-40(6,7)8)26-30-20-16-13-17-21-30)44(39(3,4)5)36(46)32(25-29-18-14-12-15-19-29)43-38(48)50-41(9,10)11/h12-24,32-34H,25-26H2,1-11H3,(H,42,45)(H,43,48). The molecule has 3 aromatic carbocycles. The summed E-state index contributed by atoms with van der Waals surface area (Å²) in [7, 11) is 0. The Labute approximate surface area is 298 Å². The summed E-state index contributed by atoms with van der Waals surface area (Å²) in [5.74, 6) is -1.62. The summed E-state index contributed by atoms with van der Waals surface area (Å²) in [6.07, 6.45) is -0.413. The second kappa shape index (κ2) is 16.4. The van der Waals surface area contributed by atoms with Gasteiger partial charge in [-0.05, 0) is 98.4 Å². The maximum Gasteiger partial charge on any atom is 0.408 e. The highest BCUT2D eigenvalue weighted by Gasteiger charge is 2.43. The van der Waals surface area contributed by atoms with Crippen LogP contribution in [0.2, 0.25) is 0 Å². The number of esters is 1. The molecule has 0 saturated heterocycles. The van der Waals surface area contributed by atoms with Gasteiger partial charge in [0.25, 0.3) is 0 Å². The minimum Gasteiger partial charge on any atom is -0.458 e. The number of amides is 3. The molecule has 0 bridgehead atoms. The van der Waals surface area contributed by atoms with Gasteiger partial charge in [0, 0.05) is 18.4 Å². The Balaban J connectivity index is 2.17. The molecular weight excluding hydrogens is 630 g/mol. The van der Waals surface area contributed by atoms with Gasteiger partial charge in [-0.2, -0.15) is 0 Å². The summed E-state index contributed by atoms with van der Waals surface area (Å²) in [6.45, 7) is 19.9. The van der Waals surface area contributed by atoms with Gasteiger partial charge in [-0.15, -0.1) is 0 Å². The Morgan fingerprint density at radius 1 is 0.660 bits per heavy atom. The molecule has 0 spiro atoms. The summed E-state index contributed by atoms with van der Waals surface area (Å²) in [5, 5.41) is 5.78. The van der Waals surface area contributed by atoms with Crippen LogP contribution in [0.1, 0.15) is 96.2 Å². The molecule has 50 heavy (non-hydrogen) atoms. The molecule has 3 amide bonds. The van der Waals surface area contributed by atoms with Gasteiger partial charge in [0.2, 0.25) is 11.8 Å². The molecule has 0 radical (unpaired) electrons. The lowest BCUT2D eigenvalue weighted by atomic mass is 9.91. The number of carbonyl (C=O) groups is 4. The number of alkyl carbamates (subject to hydrolysis) is 1. The van der Waals surface area contributed by atoms with Gasteiger partial charge in [0.05, 0.1) is 0 Å². The summed E-state index contributed by atoms with van der Waals surface area (Å²) in [4.78, 5) is 58.1. The van der Waals surface area contributed by atoms with E-state index in [2.05, 4.69) is 10.6 Å². The number of aryl methyl sites for hydroxylation is 2. The van der Waals surface area contributed by atoms with Crippen molar-refractivity contribution in [2.75, 3.05) is 0 Å². The summed E-state index contributed by atoms with van der Waals surface area (Å²) < 4.78 is 11.3. The molecule has 0 heterocycles. The van der Waals surface area contributed by atoms with Crippen LogP contribution in [0.25, 0.3) is 0 Å². The predicted octanol–water partition coefficient (Wildman–Crippen LogP) is 7.18. The molecule has 0 aliphatic carbocycles. The predicted molar refractivity (Wildman–Crippen MR) is 196 cm³/mol. The van der Waals surface area contributed by atoms with Crippen LogP contribution in [0, 0.1) is 13.8 Å². The van der Waals surface area contributed by atoms with E-state index in [4.69, 9.17) is 9.47 Å². The summed E-state index contributed by atoms with van der Waals surface area (Å²) >= 11 is 0. The minimum absolute atomic E-state index is 0.154. The zero-order chi connectivity index (χ0) is 37.4. The molecule has 0 saturated carbocycles. The fraction of sp³-hybridized carbons (Fsp3) is 0.463. The Morgan fingerprint density at radius 3 is 1.62 bits per heavy atom. The molecule has 3 aromatic rings. The van der Waals surface area contributed by atoms with Crippen molar-refractivity contribution in [3.05, 3.63) is 107 Å². The van der Waals surface area contributed by atoms with Crippen molar-refractivity contribution < 1.29 is 28.7 Å². The van der Waals surface area contributed by atoms with Gasteiger partial charge in [-0.3, -0.25) is 9.59 Å². The molecule has 3 rings (SSSR count). The number of hydrogen-bond donors (Lipinski definition) is 2. The maximum atomic E-state index is 15.0. The highest BCUT2D eigenvalue weighted by Crippen LogP contribution is 2.33. The second-order valence-electron chi connectivity index (χ2n) is 15.8. The highest BCUT2D eigenvalue weighted by molar-refractivity contribution is 5.94. The molecule has 270 valence electrons. The van der Waals surface area contributed by atoms with Crippen LogP contribution >= 0.6 is 0 Å². The fourth-order valence-corrected chi connectivity index (χ4v) is 5.71. The van der Waals surface area contributed by atoms with Gasteiger partial charge in [0.1, 0.15) is 29.3 Å². The fourth-order valence-electron chi connectivity index (χ4n) is 5.71. The van der Waals surface area contributed by atoms with E-state index in [-0.39, 0.29) is 12.8 Å². The number of carbonyl (C=O) groups excluding carboxylic acids is 4. The van der Waals surface area contributed by atoms with Crippen molar-refractivity contribution in [3.63, 3.8) is 0 Å². The first-order valence-electron chi connectivity index (χ1n) is 17.2. The lowest BCUT2D eigenvalue weighted by Gasteiger charge is -2.43. The highest BCUT2D eigenvalue weighted by atomic mass is 16.6. The maximum absolute atomic E-state index is 15.0. The van der Waals surface area contributed by atoms with E-state index in [1.54, 1.807) is 41.5 Å². The van der Waals surface area contributed by atoms with E-state index >= 15 is 0 Å². The molecule has 9 nitrogen and oxygen atoms in total. The van der Waals surface area contributed by atoms with Crippen LogP contribution in [0.5, 0.6) is 0 Å². The normalized spacial score (nSPS) is 13.7. The molecule has 2 N–H and O–H groups in total. The van der Waals surface area contributed by atoms with Gasteiger partial charge in [-0.25, -0.2) is 9.59 Å². The summed E-state index contributed by atoms with van der Waals surface area (Å²) in [6, 6.07) is 21.1. The molecule has 3 unspecified atom stereocenters. The minimum atomic E-state index is -1.18. The molecule has 0 aliphatic rings. The van der Waals surface area contributed by atoms with Crippen molar-refractivity contribution in [2.24, 2.45) is 0 Å². The lowest BCUT2D eigenvalue weighted by molar-refractivity contribution is -0.159. The number of hydrogen-bond acceptors (Lipinski definition) is 6. The first-order chi connectivity index (χ1) is 23.1. The summed E-state index contributed by atoms with van der Waals surface area (Å²) in [5.41, 5.74) is 1.50. The van der Waals surface area contributed by atoms with E-state index in [1.165, 1.54) is 4.90 Å². The number of benzene rings is 3. The van der Waals surface area contributed by atoms with Gasteiger partial charge in [-0.1, -0.05) is 84.4 Å². The topological polar surface area (TPSA) is 114 Å². The smallest absolute Gasteiger partial charge is 0.408 e. The zero-order valence-corrected chi connectivity index (χ0v) is 31.5. The molecular formula is C41H55N3O6. The average molecular weight is 686 g/mol. The number of rotatable bonds is 11. The van der Waals surface area contributed by atoms with E-state index < -0.39 is 58.7 Å². The lowest BCUT2D eigenvalue weighted by Crippen LogP contribution is -2.60. The van der Waals surface area contributed by atoms with Crippen LogP contribution in [0.4, 0.5) is 4.79 Å². The quantitative estimate of drug-likeness (QED) is 0.207. The van der Waals surface area contributed by atoms with Gasteiger partial charge in [0.15, 0.2) is 0 Å². The van der Waals surface area contributed by atoms with Crippen LogP contribution in [0.3, 0.4) is 0 Å². The monoisotopic (exact) mass is 685 g/mol. The van der Waals surface area contributed by atoms with E-state index in [9.17, 15) is 19.2 Å². The Kier molecular flexibility index (Phi) is 13.0. The third-order valence-corrected chi connectivity index (χ3v) is 7.75. The molecule has 0 fully saturated rings. The second-order valence-corrected chi connectivity index (χ2v) is 15.8. The molecule has 0 aromatic heterocycles. The Hall–Kier alpha value is -4.66. The number of nitrogens with one attached hydrogen (secondary N) is 2. The van der Waals surface area contributed by atoms with Crippen LogP contribution in [0.15, 0.2) is 78.9 Å². The number of ether oxygens (including phenoxy) is 2. The SMILES string of the molecule is Cc1ccc(C(C(=O)NC(Cc2ccccc2)C(=O)OC(C)(C)C)N(C(=O)C(Cc2ccccc2)NC(=O)OC(C)(C)C)C(C)(C)C)c(C)c1. The van der Waals surface area contributed by atoms with Crippen molar-refractivity contribution in [1.82, 2.24) is 15.5 Å². The third-order valence-electron chi connectivity index (χ3n) is 7.75. The Morgan fingerprint density at radius 2 is 1.16 bits per heavy atom. The van der Waals surface area contributed by atoms with Crippen molar-refractivity contribution in [2.45, 2.75) is 124 Å². The third kappa shape index (κ3) is 12.0.